The van der Waals surface area contributed by atoms with Gasteiger partial charge in [-0.25, -0.2) is 4.98 Å². The predicted octanol–water partition coefficient (Wildman–Crippen LogP) is 4.44. The maximum Gasteiger partial charge on any atom is 0.126 e. The molecule has 1 aromatic carbocycles. The minimum atomic E-state index is 0.704. The maximum absolute atomic E-state index is 6.18. The molecule has 2 N–H and O–H groups in total. The van der Waals surface area contributed by atoms with Crippen molar-refractivity contribution in [2.24, 2.45) is 0 Å². The zero-order valence-corrected chi connectivity index (χ0v) is 17.8. The topological polar surface area (TPSA) is 51.4 Å². The number of hydrogen-bond acceptors (Lipinski definition) is 4. The number of nitrogen functional groups attached to an aromatic ring is 1. The van der Waals surface area contributed by atoms with Crippen molar-refractivity contribution in [3.05, 3.63) is 57.8 Å². The largest absolute Gasteiger partial charge is 0.383 e. The van der Waals surface area contributed by atoms with Gasteiger partial charge >= 0.3 is 0 Å². The van der Waals surface area contributed by atoms with Crippen molar-refractivity contribution in [2.75, 3.05) is 32.0 Å². The monoisotopic (exact) mass is 381 g/mol. The highest BCUT2D eigenvalue weighted by atomic mass is 16.5. The van der Waals surface area contributed by atoms with Gasteiger partial charge in [0.1, 0.15) is 5.82 Å². The Bertz CT molecular complexity index is 782. The van der Waals surface area contributed by atoms with Gasteiger partial charge in [0.05, 0.1) is 13.2 Å². The zero-order valence-electron chi connectivity index (χ0n) is 17.8. The number of morpholine rings is 1. The van der Waals surface area contributed by atoms with Crippen LogP contribution in [-0.2, 0) is 24.1 Å². The number of pyridine rings is 1. The molecular weight excluding hydrogens is 346 g/mol. The number of aromatic nitrogens is 1. The molecule has 2 aromatic rings. The maximum atomic E-state index is 6.18. The number of nitrogens with zero attached hydrogens (tertiary/aromatic N) is 2. The number of hydrogen-bond donors (Lipinski definition) is 1. The van der Waals surface area contributed by atoms with Crippen LogP contribution in [0.15, 0.2) is 24.3 Å². The summed E-state index contributed by atoms with van der Waals surface area (Å²) < 4.78 is 5.45. The first kappa shape index (κ1) is 20.8. The third-order valence-electron chi connectivity index (χ3n) is 5.78. The Balaban J connectivity index is 1.71. The van der Waals surface area contributed by atoms with Gasteiger partial charge in [0.2, 0.25) is 0 Å². The summed E-state index contributed by atoms with van der Waals surface area (Å²) in [7, 11) is 0. The average molecular weight is 382 g/mol. The van der Waals surface area contributed by atoms with Crippen molar-refractivity contribution < 1.29 is 4.74 Å². The number of anilines is 1. The molecule has 0 radical (unpaired) electrons. The quantitative estimate of drug-likeness (QED) is 0.687. The Morgan fingerprint density at radius 3 is 2.54 bits per heavy atom. The van der Waals surface area contributed by atoms with Gasteiger partial charge in [-0.15, -0.1) is 0 Å². The third kappa shape index (κ3) is 5.55. The van der Waals surface area contributed by atoms with Crippen LogP contribution in [0.2, 0.25) is 0 Å². The van der Waals surface area contributed by atoms with E-state index < -0.39 is 0 Å². The number of ether oxygens (including phenoxy) is 1. The minimum absolute atomic E-state index is 0.704. The van der Waals surface area contributed by atoms with Crippen LogP contribution in [0, 0.1) is 13.8 Å². The lowest BCUT2D eigenvalue weighted by atomic mass is 9.96. The van der Waals surface area contributed by atoms with E-state index in [1.807, 2.05) is 0 Å². The van der Waals surface area contributed by atoms with Gasteiger partial charge < -0.3 is 10.5 Å². The van der Waals surface area contributed by atoms with Crippen molar-refractivity contribution in [1.29, 1.82) is 0 Å². The van der Waals surface area contributed by atoms with E-state index in [2.05, 4.69) is 54.9 Å². The summed E-state index contributed by atoms with van der Waals surface area (Å²) in [4.78, 5) is 7.10. The normalized spacial score (nSPS) is 15.1. The van der Waals surface area contributed by atoms with Crippen LogP contribution in [0.25, 0.3) is 0 Å². The molecule has 4 heteroatoms. The first-order valence-corrected chi connectivity index (χ1v) is 10.7. The van der Waals surface area contributed by atoms with E-state index in [0.717, 1.165) is 51.4 Å². The summed E-state index contributed by atoms with van der Waals surface area (Å²) in [6, 6.07) is 9.19. The summed E-state index contributed by atoms with van der Waals surface area (Å²) in [5.74, 6) is 0.704. The number of benzene rings is 1. The van der Waals surface area contributed by atoms with Crippen molar-refractivity contribution in [3.8, 4) is 0 Å². The number of rotatable bonds is 8. The minimum Gasteiger partial charge on any atom is -0.383 e. The van der Waals surface area contributed by atoms with Gasteiger partial charge in [-0.3, -0.25) is 4.90 Å². The van der Waals surface area contributed by atoms with E-state index in [9.17, 15) is 0 Å². The van der Waals surface area contributed by atoms with Crippen LogP contribution >= 0.6 is 0 Å². The van der Waals surface area contributed by atoms with Gasteiger partial charge in [-0.1, -0.05) is 44.0 Å². The highest BCUT2D eigenvalue weighted by molar-refractivity contribution is 5.46. The molecule has 1 fully saturated rings. The van der Waals surface area contributed by atoms with Gasteiger partial charge in [0.25, 0.3) is 0 Å². The summed E-state index contributed by atoms with van der Waals surface area (Å²) in [6.45, 7) is 11.3. The summed E-state index contributed by atoms with van der Waals surface area (Å²) in [5.41, 5.74) is 13.8. The molecule has 1 aromatic heterocycles. The van der Waals surface area contributed by atoms with Crippen LogP contribution < -0.4 is 5.73 Å². The number of aryl methyl sites for hydroxylation is 3. The van der Waals surface area contributed by atoms with Gasteiger partial charge in [-0.2, -0.15) is 0 Å². The summed E-state index contributed by atoms with van der Waals surface area (Å²) in [5, 5.41) is 0. The second kappa shape index (κ2) is 10.0. The molecule has 1 aliphatic heterocycles. The fraction of sp³-hybridized carbons (Fsp3) is 0.542. The molecule has 28 heavy (non-hydrogen) atoms. The van der Waals surface area contributed by atoms with Crippen LogP contribution in [0.5, 0.6) is 0 Å². The van der Waals surface area contributed by atoms with Crippen LogP contribution in [0.1, 0.15) is 59.7 Å². The molecule has 152 valence electrons. The predicted molar refractivity (Wildman–Crippen MR) is 117 cm³/mol. The average Bonchev–Trinajstić information content (AvgIpc) is 2.68. The molecule has 0 spiro atoms. The molecule has 0 amide bonds. The Kier molecular flexibility index (Phi) is 7.46. The molecule has 1 aliphatic rings. The third-order valence-corrected chi connectivity index (χ3v) is 5.78. The lowest BCUT2D eigenvalue weighted by Gasteiger charge is -2.26. The lowest BCUT2D eigenvalue weighted by Crippen LogP contribution is -2.35. The molecule has 0 saturated carbocycles. The van der Waals surface area contributed by atoms with E-state index in [1.165, 1.54) is 47.1 Å². The Morgan fingerprint density at radius 1 is 1.04 bits per heavy atom. The van der Waals surface area contributed by atoms with Crippen molar-refractivity contribution in [2.45, 2.75) is 59.4 Å². The second-order valence-corrected chi connectivity index (χ2v) is 8.06. The first-order valence-electron chi connectivity index (χ1n) is 10.7. The van der Waals surface area contributed by atoms with Crippen molar-refractivity contribution in [3.63, 3.8) is 0 Å². The van der Waals surface area contributed by atoms with Crippen molar-refractivity contribution in [1.82, 2.24) is 9.88 Å². The second-order valence-electron chi connectivity index (χ2n) is 8.06. The number of nitrogens with two attached hydrogens (primary N) is 1. The Labute approximate surface area is 170 Å². The summed E-state index contributed by atoms with van der Waals surface area (Å²) in [6.07, 6.45) is 5.59. The summed E-state index contributed by atoms with van der Waals surface area (Å²) >= 11 is 0. The fourth-order valence-electron chi connectivity index (χ4n) is 3.93. The first-order chi connectivity index (χ1) is 13.6. The van der Waals surface area contributed by atoms with E-state index >= 15 is 0 Å². The molecule has 2 heterocycles. The molecule has 0 atom stereocenters. The molecule has 4 nitrogen and oxygen atoms in total. The SMILES string of the molecule is CCCCCc1cc(Cc2ccc(CN3CCOCC3)cc2C)c(C)nc1N. The zero-order chi connectivity index (χ0) is 19.9. The number of unbranched alkanes of at least 4 members (excludes halogenated alkanes) is 2. The van der Waals surface area contributed by atoms with Gasteiger partial charge in [0, 0.05) is 25.3 Å². The fourth-order valence-corrected chi connectivity index (χ4v) is 3.93. The van der Waals surface area contributed by atoms with Crippen LogP contribution in [0.3, 0.4) is 0 Å². The Hall–Kier alpha value is -1.91. The van der Waals surface area contributed by atoms with Gasteiger partial charge in [0.15, 0.2) is 0 Å². The van der Waals surface area contributed by atoms with Crippen LogP contribution in [0.4, 0.5) is 5.82 Å². The van der Waals surface area contributed by atoms with Crippen LogP contribution in [-0.4, -0.2) is 36.2 Å². The molecule has 0 unspecified atom stereocenters. The lowest BCUT2D eigenvalue weighted by molar-refractivity contribution is 0.0342. The van der Waals surface area contributed by atoms with E-state index in [0.29, 0.717) is 5.82 Å². The van der Waals surface area contributed by atoms with E-state index in [1.54, 1.807) is 0 Å². The Morgan fingerprint density at radius 2 is 1.82 bits per heavy atom. The molecule has 0 aliphatic carbocycles. The smallest absolute Gasteiger partial charge is 0.126 e. The molecule has 1 saturated heterocycles. The highest BCUT2D eigenvalue weighted by Crippen LogP contribution is 2.22. The molecule has 3 rings (SSSR count). The standard InChI is InChI=1S/C24H35N3O/c1-4-5-6-7-22-16-23(19(3)26-24(22)25)15-21-9-8-20(14-18(21)2)17-27-10-12-28-13-11-27/h8-9,14,16H,4-7,10-13,15,17H2,1-3H3,(H2,25,26). The highest BCUT2D eigenvalue weighted by Gasteiger charge is 2.13. The molecule has 0 bridgehead atoms. The van der Waals surface area contributed by atoms with E-state index in [-0.39, 0.29) is 0 Å². The van der Waals surface area contributed by atoms with Gasteiger partial charge in [-0.05, 0) is 60.9 Å². The van der Waals surface area contributed by atoms with E-state index in [4.69, 9.17) is 10.5 Å². The molecular formula is C24H35N3O. The van der Waals surface area contributed by atoms with Crippen molar-refractivity contribution >= 4 is 5.82 Å².